The van der Waals surface area contributed by atoms with Gasteiger partial charge in [-0.3, -0.25) is 5.43 Å². The first-order valence-electron chi connectivity index (χ1n) is 3.74. The molecule has 1 aromatic rings. The number of thiophene rings is 1. The van der Waals surface area contributed by atoms with Crippen molar-refractivity contribution in [1.82, 2.24) is 10.3 Å². The van der Waals surface area contributed by atoms with Gasteiger partial charge in [0, 0.05) is 19.0 Å². The van der Waals surface area contributed by atoms with E-state index in [1.807, 2.05) is 31.6 Å². The first-order valence-corrected chi connectivity index (χ1v) is 5.03. The van der Waals surface area contributed by atoms with Crippen LogP contribution < -0.4 is 5.43 Å². The molecule has 0 radical (unpaired) electrons. The highest BCUT2D eigenvalue weighted by Gasteiger charge is 1.93. The molecule has 70 valence electrons. The Hall–Kier alpha value is -0.940. The Morgan fingerprint density at radius 3 is 3.00 bits per heavy atom. The molecule has 0 aromatic carbocycles. The summed E-state index contributed by atoms with van der Waals surface area (Å²) >= 11 is 6.61. The Balaban J connectivity index is 2.39. The number of hydrogen-bond donors (Lipinski definition) is 1. The molecule has 1 aromatic heterocycles. The van der Waals surface area contributed by atoms with Crippen LogP contribution >= 0.6 is 23.6 Å². The molecule has 0 atom stereocenters. The smallest absolute Gasteiger partial charge is 0.189 e. The van der Waals surface area contributed by atoms with Gasteiger partial charge in [-0.1, -0.05) is 6.07 Å². The predicted molar refractivity (Wildman–Crippen MR) is 61.3 cm³/mol. The topological polar surface area (TPSA) is 27.6 Å². The Kier molecular flexibility index (Phi) is 3.85. The molecule has 0 aliphatic carbocycles. The fourth-order valence-corrected chi connectivity index (χ4v) is 1.25. The molecule has 1 N–H and O–H groups in total. The van der Waals surface area contributed by atoms with Gasteiger partial charge in [0.15, 0.2) is 5.11 Å². The molecular weight excluding hydrogens is 202 g/mol. The quantitative estimate of drug-likeness (QED) is 0.458. The predicted octanol–water partition coefficient (Wildman–Crippen LogP) is 1.52. The molecule has 0 bridgehead atoms. The Morgan fingerprint density at radius 1 is 1.69 bits per heavy atom. The highest BCUT2D eigenvalue weighted by Crippen LogP contribution is 2.03. The highest BCUT2D eigenvalue weighted by atomic mass is 32.1. The van der Waals surface area contributed by atoms with E-state index in [4.69, 9.17) is 12.2 Å². The second-order valence-electron chi connectivity index (χ2n) is 2.59. The lowest BCUT2D eigenvalue weighted by atomic mass is 10.5. The van der Waals surface area contributed by atoms with Crippen LogP contribution in [-0.2, 0) is 0 Å². The number of hydrogen-bond acceptors (Lipinski definition) is 3. The number of hydrazone groups is 1. The minimum Gasteiger partial charge on any atom is -0.354 e. The Labute approximate surface area is 87.1 Å². The van der Waals surface area contributed by atoms with E-state index < -0.39 is 0 Å². The zero-order valence-electron chi connectivity index (χ0n) is 7.52. The average molecular weight is 213 g/mol. The summed E-state index contributed by atoms with van der Waals surface area (Å²) in [5.41, 5.74) is 2.75. The van der Waals surface area contributed by atoms with Crippen LogP contribution in [0.3, 0.4) is 0 Å². The maximum absolute atomic E-state index is 4.98. The third kappa shape index (κ3) is 3.52. The van der Waals surface area contributed by atoms with Crippen LogP contribution in [0.4, 0.5) is 0 Å². The van der Waals surface area contributed by atoms with Crippen LogP contribution in [0.2, 0.25) is 0 Å². The summed E-state index contributed by atoms with van der Waals surface area (Å²) in [6, 6.07) is 3.98. The maximum Gasteiger partial charge on any atom is 0.189 e. The number of nitrogens with one attached hydrogen (secondary N) is 1. The van der Waals surface area contributed by atoms with E-state index in [-0.39, 0.29) is 0 Å². The van der Waals surface area contributed by atoms with Gasteiger partial charge >= 0.3 is 0 Å². The van der Waals surface area contributed by atoms with Crippen LogP contribution in [-0.4, -0.2) is 30.3 Å². The van der Waals surface area contributed by atoms with Crippen molar-refractivity contribution < 1.29 is 0 Å². The van der Waals surface area contributed by atoms with Crippen molar-refractivity contribution in [3.05, 3.63) is 22.4 Å². The molecule has 0 saturated carbocycles. The summed E-state index contributed by atoms with van der Waals surface area (Å²) in [7, 11) is 3.74. The Morgan fingerprint density at radius 2 is 2.46 bits per heavy atom. The van der Waals surface area contributed by atoms with Gasteiger partial charge < -0.3 is 4.90 Å². The first kappa shape index (κ1) is 10.1. The third-order valence-corrected chi connectivity index (χ3v) is 2.56. The van der Waals surface area contributed by atoms with Crippen molar-refractivity contribution in [2.75, 3.05) is 14.1 Å². The second-order valence-corrected chi connectivity index (χ2v) is 3.95. The zero-order valence-corrected chi connectivity index (χ0v) is 9.15. The molecule has 3 nitrogen and oxygen atoms in total. The highest BCUT2D eigenvalue weighted by molar-refractivity contribution is 7.80. The van der Waals surface area contributed by atoms with Gasteiger partial charge in [0.25, 0.3) is 0 Å². The molecule has 0 spiro atoms. The minimum atomic E-state index is 0.604. The third-order valence-electron chi connectivity index (χ3n) is 1.30. The van der Waals surface area contributed by atoms with E-state index in [0.29, 0.717) is 5.11 Å². The van der Waals surface area contributed by atoms with Crippen LogP contribution in [0.5, 0.6) is 0 Å². The largest absolute Gasteiger partial charge is 0.354 e. The van der Waals surface area contributed by atoms with Crippen molar-refractivity contribution in [3.63, 3.8) is 0 Å². The molecule has 0 fully saturated rings. The van der Waals surface area contributed by atoms with E-state index in [1.54, 1.807) is 22.5 Å². The standard InChI is InChI=1S/C8H11N3S2/c1-11(2)8(12)10-9-6-7-4-3-5-13-7/h3-6H,1-2H3,(H,10,12)/b9-6+. The van der Waals surface area contributed by atoms with Gasteiger partial charge in [-0.05, 0) is 23.7 Å². The van der Waals surface area contributed by atoms with Crippen LogP contribution in [0, 0.1) is 0 Å². The van der Waals surface area contributed by atoms with Crippen molar-refractivity contribution in [2.24, 2.45) is 5.10 Å². The van der Waals surface area contributed by atoms with Gasteiger partial charge in [0.05, 0.1) is 6.21 Å². The zero-order chi connectivity index (χ0) is 9.68. The number of nitrogens with zero attached hydrogens (tertiary/aromatic N) is 2. The summed E-state index contributed by atoms with van der Waals surface area (Å²) in [4.78, 5) is 2.90. The summed E-state index contributed by atoms with van der Waals surface area (Å²) in [6.45, 7) is 0. The monoisotopic (exact) mass is 213 g/mol. The van der Waals surface area contributed by atoms with Crippen molar-refractivity contribution in [1.29, 1.82) is 0 Å². The molecule has 0 amide bonds. The molecule has 1 heterocycles. The number of rotatable bonds is 2. The summed E-state index contributed by atoms with van der Waals surface area (Å²) in [6.07, 6.45) is 1.75. The second kappa shape index (κ2) is 4.94. The maximum atomic E-state index is 4.98. The molecule has 0 unspecified atom stereocenters. The Bertz CT molecular complexity index is 290. The fourth-order valence-electron chi connectivity index (χ4n) is 0.616. The summed E-state index contributed by atoms with van der Waals surface area (Å²) < 4.78 is 0. The molecule has 13 heavy (non-hydrogen) atoms. The molecule has 0 saturated heterocycles. The molecule has 0 aliphatic heterocycles. The summed E-state index contributed by atoms with van der Waals surface area (Å²) in [5.74, 6) is 0. The summed E-state index contributed by atoms with van der Waals surface area (Å²) in [5, 5.41) is 6.60. The lowest BCUT2D eigenvalue weighted by molar-refractivity contribution is 0.606. The van der Waals surface area contributed by atoms with E-state index in [0.717, 1.165) is 4.88 Å². The van der Waals surface area contributed by atoms with Crippen molar-refractivity contribution in [2.45, 2.75) is 0 Å². The normalized spacial score (nSPS) is 10.3. The molecular formula is C8H11N3S2. The molecule has 0 aliphatic rings. The average Bonchev–Trinajstić information content (AvgIpc) is 2.56. The first-order chi connectivity index (χ1) is 6.20. The number of thiocarbonyl (C=S) groups is 1. The van der Waals surface area contributed by atoms with Crippen LogP contribution in [0.25, 0.3) is 0 Å². The van der Waals surface area contributed by atoms with E-state index >= 15 is 0 Å². The fraction of sp³-hybridized carbons (Fsp3) is 0.250. The minimum absolute atomic E-state index is 0.604. The van der Waals surface area contributed by atoms with Gasteiger partial charge in [0.1, 0.15) is 0 Å². The van der Waals surface area contributed by atoms with E-state index in [9.17, 15) is 0 Å². The molecule has 5 heteroatoms. The lowest BCUT2D eigenvalue weighted by Crippen LogP contribution is -2.30. The van der Waals surface area contributed by atoms with Gasteiger partial charge in [-0.2, -0.15) is 5.10 Å². The van der Waals surface area contributed by atoms with Crippen LogP contribution in [0.15, 0.2) is 22.6 Å². The van der Waals surface area contributed by atoms with E-state index in [1.165, 1.54) is 0 Å². The van der Waals surface area contributed by atoms with Crippen LogP contribution in [0.1, 0.15) is 4.88 Å². The van der Waals surface area contributed by atoms with Gasteiger partial charge in [-0.25, -0.2) is 0 Å². The lowest BCUT2D eigenvalue weighted by Gasteiger charge is -2.11. The SMILES string of the molecule is CN(C)C(=S)N/N=C/c1cccs1. The van der Waals surface area contributed by atoms with E-state index in [2.05, 4.69) is 10.5 Å². The van der Waals surface area contributed by atoms with Crippen molar-refractivity contribution in [3.8, 4) is 0 Å². The molecule has 1 rings (SSSR count). The van der Waals surface area contributed by atoms with Gasteiger partial charge in [0.2, 0.25) is 0 Å². The van der Waals surface area contributed by atoms with Gasteiger partial charge in [-0.15, -0.1) is 11.3 Å². The van der Waals surface area contributed by atoms with Crippen molar-refractivity contribution >= 4 is 34.9 Å².